The smallest absolute Gasteiger partial charge is 0.263 e. The van der Waals surface area contributed by atoms with Crippen LogP contribution in [0.2, 0.25) is 0 Å². The lowest BCUT2D eigenvalue weighted by atomic mass is 9.92. The summed E-state index contributed by atoms with van der Waals surface area (Å²) in [6.07, 6.45) is 4.33. The van der Waals surface area contributed by atoms with Crippen molar-refractivity contribution in [1.82, 2.24) is 9.80 Å². The summed E-state index contributed by atoms with van der Waals surface area (Å²) in [5.41, 5.74) is 0. The van der Waals surface area contributed by atoms with Crippen LogP contribution in [0.5, 0.6) is 0 Å². The molecular weight excluding hydrogens is 352 g/mol. The highest BCUT2D eigenvalue weighted by molar-refractivity contribution is 7.12. The predicted molar refractivity (Wildman–Crippen MR) is 98.0 cm³/mol. The standard InChI is InChI=1S/C19H26N2O4S/c22-17(21-8-2-1-4-15(21)19-24-11-12-25-19)14-6-9-20(10-7-14)18(23)16-5-3-13-26-16/h3,5,13-15,19H,1-2,4,6-12H2. The first-order valence-electron chi connectivity index (χ1n) is 9.60. The van der Waals surface area contributed by atoms with Crippen LogP contribution in [0.3, 0.4) is 0 Å². The molecule has 0 saturated carbocycles. The van der Waals surface area contributed by atoms with Gasteiger partial charge in [0, 0.05) is 25.6 Å². The van der Waals surface area contributed by atoms with Crippen LogP contribution in [0.4, 0.5) is 0 Å². The topological polar surface area (TPSA) is 59.1 Å². The number of nitrogens with zero attached hydrogens (tertiary/aromatic N) is 2. The molecule has 26 heavy (non-hydrogen) atoms. The van der Waals surface area contributed by atoms with E-state index in [0.717, 1.165) is 43.5 Å². The molecule has 1 atom stereocenters. The fourth-order valence-corrected chi connectivity index (χ4v) is 4.92. The first-order chi connectivity index (χ1) is 12.7. The molecule has 3 aliphatic heterocycles. The quantitative estimate of drug-likeness (QED) is 0.810. The van der Waals surface area contributed by atoms with E-state index in [4.69, 9.17) is 9.47 Å². The molecule has 3 aliphatic rings. The Morgan fingerprint density at radius 3 is 2.50 bits per heavy atom. The van der Waals surface area contributed by atoms with Crippen molar-refractivity contribution in [2.75, 3.05) is 32.8 Å². The van der Waals surface area contributed by atoms with E-state index in [1.165, 1.54) is 11.3 Å². The van der Waals surface area contributed by atoms with Crippen molar-refractivity contribution in [2.24, 2.45) is 5.92 Å². The molecule has 2 amide bonds. The van der Waals surface area contributed by atoms with Gasteiger partial charge in [-0.05, 0) is 43.6 Å². The highest BCUT2D eigenvalue weighted by atomic mass is 32.1. The molecule has 3 saturated heterocycles. The highest BCUT2D eigenvalue weighted by Crippen LogP contribution is 2.29. The van der Waals surface area contributed by atoms with E-state index in [2.05, 4.69) is 0 Å². The normalized spacial score (nSPS) is 25.6. The minimum Gasteiger partial charge on any atom is -0.348 e. The Labute approximate surface area is 158 Å². The summed E-state index contributed by atoms with van der Waals surface area (Å²) in [7, 11) is 0. The van der Waals surface area contributed by atoms with Crippen molar-refractivity contribution in [3.8, 4) is 0 Å². The summed E-state index contributed by atoms with van der Waals surface area (Å²) in [6.45, 7) is 3.34. The Balaban J connectivity index is 1.35. The largest absolute Gasteiger partial charge is 0.348 e. The van der Waals surface area contributed by atoms with Gasteiger partial charge in [0.25, 0.3) is 5.91 Å². The first-order valence-corrected chi connectivity index (χ1v) is 10.5. The average molecular weight is 378 g/mol. The molecule has 142 valence electrons. The van der Waals surface area contributed by atoms with Gasteiger partial charge in [-0.25, -0.2) is 0 Å². The molecule has 0 spiro atoms. The van der Waals surface area contributed by atoms with Crippen molar-refractivity contribution >= 4 is 23.2 Å². The summed E-state index contributed by atoms with van der Waals surface area (Å²) >= 11 is 1.47. The van der Waals surface area contributed by atoms with Crippen molar-refractivity contribution in [3.63, 3.8) is 0 Å². The van der Waals surface area contributed by atoms with Crippen molar-refractivity contribution < 1.29 is 19.1 Å². The maximum atomic E-state index is 13.1. The van der Waals surface area contributed by atoms with Gasteiger partial charge in [-0.3, -0.25) is 9.59 Å². The molecule has 4 rings (SSSR count). The number of ether oxygens (including phenoxy) is 2. The molecule has 0 bridgehead atoms. The number of amides is 2. The van der Waals surface area contributed by atoms with E-state index in [1.54, 1.807) is 0 Å². The summed E-state index contributed by atoms with van der Waals surface area (Å²) in [5, 5.41) is 1.92. The number of carbonyl (C=O) groups is 2. The van der Waals surface area contributed by atoms with Gasteiger partial charge in [0.05, 0.1) is 24.1 Å². The van der Waals surface area contributed by atoms with Crippen LogP contribution in [0.15, 0.2) is 17.5 Å². The molecule has 6 nitrogen and oxygen atoms in total. The minimum absolute atomic E-state index is 0.00406. The molecule has 0 radical (unpaired) electrons. The molecule has 0 aromatic carbocycles. The number of hydrogen-bond acceptors (Lipinski definition) is 5. The zero-order valence-electron chi connectivity index (χ0n) is 15.0. The van der Waals surface area contributed by atoms with Gasteiger partial charge in [0.15, 0.2) is 6.29 Å². The lowest BCUT2D eigenvalue weighted by molar-refractivity contribution is -0.155. The molecule has 1 aromatic heterocycles. The number of piperidine rings is 2. The summed E-state index contributed by atoms with van der Waals surface area (Å²) < 4.78 is 11.4. The molecular formula is C19H26N2O4S. The predicted octanol–water partition coefficient (Wildman–Crippen LogP) is 2.35. The van der Waals surface area contributed by atoms with Crippen LogP contribution in [-0.2, 0) is 14.3 Å². The SMILES string of the molecule is O=C(c1cccs1)N1CCC(C(=O)N2CCCCC2C2OCCO2)CC1. The van der Waals surface area contributed by atoms with Gasteiger partial charge in [0.2, 0.25) is 5.91 Å². The Bertz CT molecular complexity index is 621. The Morgan fingerprint density at radius 1 is 1.04 bits per heavy atom. The molecule has 0 N–H and O–H groups in total. The fraction of sp³-hybridized carbons (Fsp3) is 0.684. The first kappa shape index (κ1) is 17.9. The number of hydrogen-bond donors (Lipinski definition) is 0. The van der Waals surface area contributed by atoms with Crippen LogP contribution in [-0.4, -0.2) is 66.8 Å². The van der Waals surface area contributed by atoms with Gasteiger partial charge >= 0.3 is 0 Å². The summed E-state index contributed by atoms with van der Waals surface area (Å²) in [6, 6.07) is 3.81. The minimum atomic E-state index is -0.264. The highest BCUT2D eigenvalue weighted by Gasteiger charge is 2.39. The van der Waals surface area contributed by atoms with Gasteiger partial charge in [-0.1, -0.05) is 6.07 Å². The monoisotopic (exact) mass is 378 g/mol. The maximum Gasteiger partial charge on any atom is 0.263 e. The van der Waals surface area contributed by atoms with Gasteiger partial charge in [-0.15, -0.1) is 11.3 Å². The van der Waals surface area contributed by atoms with Gasteiger partial charge < -0.3 is 19.3 Å². The number of likely N-dealkylation sites (tertiary alicyclic amines) is 2. The third-order valence-electron chi connectivity index (χ3n) is 5.66. The molecule has 1 aromatic rings. The van der Waals surface area contributed by atoms with E-state index in [0.29, 0.717) is 26.3 Å². The lowest BCUT2D eigenvalue weighted by Crippen LogP contribution is -2.53. The Kier molecular flexibility index (Phi) is 5.57. The number of rotatable bonds is 3. The molecule has 3 fully saturated rings. The molecule has 1 unspecified atom stereocenters. The number of thiophene rings is 1. The summed E-state index contributed by atoms with van der Waals surface area (Å²) in [5.74, 6) is 0.316. The molecule has 0 aliphatic carbocycles. The Morgan fingerprint density at radius 2 is 1.81 bits per heavy atom. The summed E-state index contributed by atoms with van der Waals surface area (Å²) in [4.78, 5) is 30.3. The Hall–Kier alpha value is -1.44. The van der Waals surface area contributed by atoms with Crippen molar-refractivity contribution in [2.45, 2.75) is 44.4 Å². The van der Waals surface area contributed by atoms with E-state index in [9.17, 15) is 9.59 Å². The third-order valence-corrected chi connectivity index (χ3v) is 6.52. The van der Waals surface area contributed by atoms with Crippen molar-refractivity contribution in [3.05, 3.63) is 22.4 Å². The molecule has 7 heteroatoms. The number of carbonyl (C=O) groups excluding carboxylic acids is 2. The van der Waals surface area contributed by atoms with Crippen LogP contribution >= 0.6 is 11.3 Å². The second-order valence-corrected chi connectivity index (χ2v) is 8.20. The van der Waals surface area contributed by atoms with E-state index < -0.39 is 0 Å². The van der Waals surface area contributed by atoms with Gasteiger partial charge in [0.1, 0.15) is 0 Å². The molecule has 4 heterocycles. The zero-order valence-corrected chi connectivity index (χ0v) is 15.8. The average Bonchev–Trinajstić information content (AvgIpc) is 3.41. The third kappa shape index (κ3) is 3.66. The van der Waals surface area contributed by atoms with E-state index in [1.807, 2.05) is 27.3 Å². The second-order valence-electron chi connectivity index (χ2n) is 7.25. The van der Waals surface area contributed by atoms with E-state index in [-0.39, 0.29) is 30.1 Å². The van der Waals surface area contributed by atoms with Crippen LogP contribution in [0.25, 0.3) is 0 Å². The van der Waals surface area contributed by atoms with Crippen LogP contribution in [0, 0.1) is 5.92 Å². The zero-order chi connectivity index (χ0) is 17.9. The van der Waals surface area contributed by atoms with Gasteiger partial charge in [-0.2, -0.15) is 0 Å². The maximum absolute atomic E-state index is 13.1. The van der Waals surface area contributed by atoms with Crippen LogP contribution < -0.4 is 0 Å². The lowest BCUT2D eigenvalue weighted by Gasteiger charge is -2.41. The van der Waals surface area contributed by atoms with Crippen molar-refractivity contribution in [1.29, 1.82) is 0 Å². The van der Waals surface area contributed by atoms with E-state index >= 15 is 0 Å². The van der Waals surface area contributed by atoms with Crippen LogP contribution in [0.1, 0.15) is 41.8 Å². The fourth-order valence-electron chi connectivity index (χ4n) is 4.23. The second kappa shape index (κ2) is 8.06.